The zero-order valence-electron chi connectivity index (χ0n) is 16.0. The first-order valence-electron chi connectivity index (χ1n) is 8.84. The Morgan fingerprint density at radius 1 is 1.10 bits per heavy atom. The van der Waals surface area contributed by atoms with Crippen LogP contribution >= 0.6 is 24.0 Å². The average molecular weight is 424 g/mol. The first-order chi connectivity index (χ1) is 13.9. The van der Waals surface area contributed by atoms with Gasteiger partial charge in [0.05, 0.1) is 4.91 Å². The molecule has 0 spiro atoms. The Labute approximate surface area is 176 Å². The number of hydrogen-bond acceptors (Lipinski definition) is 6. The van der Waals surface area contributed by atoms with E-state index in [0.29, 0.717) is 20.6 Å². The SMILES string of the molecule is Cc1ccccc1Oc1nc2c(C)cccn2c(=O)c1/C=C1/SC(=S)N(C)C1=O. The number of hydrogen-bond donors (Lipinski definition) is 0. The van der Waals surface area contributed by atoms with Crippen LogP contribution in [0.4, 0.5) is 0 Å². The number of likely N-dealkylation sites (N-methyl/N-ethyl adjacent to an activating group) is 1. The third kappa shape index (κ3) is 3.45. The predicted octanol–water partition coefficient (Wildman–Crippen LogP) is 3.93. The second kappa shape index (κ2) is 7.46. The molecule has 0 radical (unpaired) electrons. The number of nitrogens with zero attached hydrogens (tertiary/aromatic N) is 3. The Morgan fingerprint density at radius 2 is 1.83 bits per heavy atom. The van der Waals surface area contributed by atoms with E-state index in [2.05, 4.69) is 4.98 Å². The molecule has 0 unspecified atom stereocenters. The second-order valence-electron chi connectivity index (χ2n) is 6.63. The van der Waals surface area contributed by atoms with E-state index in [4.69, 9.17) is 17.0 Å². The molecule has 1 fully saturated rings. The smallest absolute Gasteiger partial charge is 0.269 e. The molecule has 1 aliphatic rings. The van der Waals surface area contributed by atoms with Crippen LogP contribution in [0.15, 0.2) is 52.3 Å². The summed E-state index contributed by atoms with van der Waals surface area (Å²) in [6.45, 7) is 3.79. The Kier molecular flexibility index (Phi) is 4.97. The molecule has 1 aliphatic heterocycles. The Hall–Kier alpha value is -2.97. The molecule has 0 aliphatic carbocycles. The standard InChI is InChI=1S/C21H17N3O3S2/c1-12-7-4-5-9-15(12)27-18-14(11-16-20(26)23(3)21(28)29-16)19(25)24-10-6-8-13(2)17(24)22-18/h4-11H,1-3H3/b16-11+. The topological polar surface area (TPSA) is 63.9 Å². The van der Waals surface area contributed by atoms with Gasteiger partial charge in [-0.3, -0.25) is 18.9 Å². The van der Waals surface area contributed by atoms with Crippen LogP contribution in [0.2, 0.25) is 0 Å². The largest absolute Gasteiger partial charge is 0.438 e. The van der Waals surface area contributed by atoms with Crippen molar-refractivity contribution in [2.75, 3.05) is 7.05 Å². The molecule has 3 aromatic rings. The molecule has 4 rings (SSSR count). The highest BCUT2D eigenvalue weighted by molar-refractivity contribution is 8.26. The van der Waals surface area contributed by atoms with Crippen molar-refractivity contribution in [2.45, 2.75) is 13.8 Å². The van der Waals surface area contributed by atoms with Crippen LogP contribution < -0.4 is 10.3 Å². The third-order valence-corrected chi connectivity index (χ3v) is 6.10. The number of carbonyl (C=O) groups excluding carboxylic acids is 1. The molecular weight excluding hydrogens is 406 g/mol. The fourth-order valence-electron chi connectivity index (χ4n) is 2.95. The van der Waals surface area contributed by atoms with Gasteiger partial charge in [0, 0.05) is 13.2 Å². The number of pyridine rings is 1. The summed E-state index contributed by atoms with van der Waals surface area (Å²) >= 11 is 6.34. The lowest BCUT2D eigenvalue weighted by molar-refractivity contribution is -0.121. The van der Waals surface area contributed by atoms with Crippen LogP contribution in [0, 0.1) is 13.8 Å². The normalized spacial score (nSPS) is 15.6. The highest BCUT2D eigenvalue weighted by atomic mass is 32.2. The Morgan fingerprint density at radius 3 is 2.52 bits per heavy atom. The minimum atomic E-state index is -0.316. The van der Waals surface area contributed by atoms with Crippen LogP contribution in [0.1, 0.15) is 16.7 Å². The summed E-state index contributed by atoms with van der Waals surface area (Å²) < 4.78 is 7.94. The molecule has 146 valence electrons. The van der Waals surface area contributed by atoms with E-state index >= 15 is 0 Å². The maximum absolute atomic E-state index is 13.3. The molecule has 0 saturated carbocycles. The van der Waals surface area contributed by atoms with Gasteiger partial charge in [-0.1, -0.05) is 48.2 Å². The molecule has 29 heavy (non-hydrogen) atoms. The lowest BCUT2D eigenvalue weighted by atomic mass is 10.2. The van der Waals surface area contributed by atoms with Crippen LogP contribution in [0.5, 0.6) is 11.6 Å². The van der Waals surface area contributed by atoms with Crippen molar-refractivity contribution in [1.82, 2.24) is 14.3 Å². The molecule has 1 aromatic carbocycles. The number of rotatable bonds is 3. The summed E-state index contributed by atoms with van der Waals surface area (Å²) in [5.74, 6) is 0.491. The van der Waals surface area contributed by atoms with Crippen molar-refractivity contribution in [3.8, 4) is 11.6 Å². The van der Waals surface area contributed by atoms with E-state index in [0.717, 1.165) is 22.9 Å². The molecule has 0 atom stereocenters. The lowest BCUT2D eigenvalue weighted by Crippen LogP contribution is -2.23. The second-order valence-corrected chi connectivity index (χ2v) is 8.30. The molecule has 0 N–H and O–H groups in total. The zero-order valence-corrected chi connectivity index (χ0v) is 17.6. The number of thioether (sulfide) groups is 1. The maximum atomic E-state index is 13.3. The fourth-order valence-corrected chi connectivity index (χ4v) is 4.11. The van der Waals surface area contributed by atoms with E-state index in [1.165, 1.54) is 15.4 Å². The van der Waals surface area contributed by atoms with E-state index in [1.54, 1.807) is 19.3 Å². The quantitative estimate of drug-likeness (QED) is 0.470. The zero-order chi connectivity index (χ0) is 20.7. The number of para-hydroxylation sites is 1. The fraction of sp³-hybridized carbons (Fsp3) is 0.143. The van der Waals surface area contributed by atoms with Gasteiger partial charge in [-0.2, -0.15) is 4.98 Å². The summed E-state index contributed by atoms with van der Waals surface area (Å²) in [6.07, 6.45) is 3.16. The summed E-state index contributed by atoms with van der Waals surface area (Å²) in [4.78, 5) is 32.1. The van der Waals surface area contributed by atoms with Gasteiger partial charge in [0.2, 0.25) is 5.88 Å². The molecule has 1 saturated heterocycles. The summed E-state index contributed by atoms with van der Waals surface area (Å²) in [5, 5.41) is 0. The summed E-state index contributed by atoms with van der Waals surface area (Å²) in [6, 6.07) is 11.1. The van der Waals surface area contributed by atoms with E-state index < -0.39 is 0 Å². The maximum Gasteiger partial charge on any atom is 0.269 e. The molecule has 0 bridgehead atoms. The molecule has 8 heteroatoms. The van der Waals surface area contributed by atoms with Gasteiger partial charge in [0.15, 0.2) is 0 Å². The minimum Gasteiger partial charge on any atom is -0.438 e. The predicted molar refractivity (Wildman–Crippen MR) is 118 cm³/mol. The molecular formula is C21H17N3O3S2. The van der Waals surface area contributed by atoms with Crippen molar-refractivity contribution in [1.29, 1.82) is 0 Å². The highest BCUT2D eigenvalue weighted by Crippen LogP contribution is 2.33. The Balaban J connectivity index is 1.95. The van der Waals surface area contributed by atoms with E-state index in [9.17, 15) is 9.59 Å². The number of amides is 1. The molecule has 2 aromatic heterocycles. The number of aryl methyl sites for hydroxylation is 2. The minimum absolute atomic E-state index is 0.153. The molecule has 6 nitrogen and oxygen atoms in total. The highest BCUT2D eigenvalue weighted by Gasteiger charge is 2.30. The van der Waals surface area contributed by atoms with Crippen LogP contribution in [-0.4, -0.2) is 31.6 Å². The van der Waals surface area contributed by atoms with Crippen molar-refractivity contribution in [3.63, 3.8) is 0 Å². The first kappa shape index (κ1) is 19.4. The van der Waals surface area contributed by atoms with Gasteiger partial charge in [-0.05, 0) is 43.2 Å². The summed E-state index contributed by atoms with van der Waals surface area (Å²) in [5.41, 5.74) is 2.13. The number of benzene rings is 1. The van der Waals surface area contributed by atoms with Crippen LogP contribution in [0.25, 0.3) is 11.7 Å². The first-order valence-corrected chi connectivity index (χ1v) is 10.1. The molecule has 3 heterocycles. The van der Waals surface area contributed by atoms with Crippen molar-refractivity contribution < 1.29 is 9.53 Å². The van der Waals surface area contributed by atoms with Crippen LogP contribution in [0.3, 0.4) is 0 Å². The van der Waals surface area contributed by atoms with Gasteiger partial charge in [0.25, 0.3) is 11.5 Å². The number of thiocarbonyl (C=S) groups is 1. The monoisotopic (exact) mass is 423 g/mol. The number of ether oxygens (including phenoxy) is 1. The van der Waals surface area contributed by atoms with Crippen LogP contribution in [-0.2, 0) is 4.79 Å². The number of aromatic nitrogens is 2. The Bertz CT molecular complexity index is 1260. The van der Waals surface area contributed by atoms with E-state index in [1.807, 2.05) is 44.2 Å². The third-order valence-electron chi connectivity index (χ3n) is 4.61. The van der Waals surface area contributed by atoms with Gasteiger partial charge in [-0.15, -0.1) is 0 Å². The van der Waals surface area contributed by atoms with E-state index in [-0.39, 0.29) is 22.9 Å². The summed E-state index contributed by atoms with van der Waals surface area (Å²) in [7, 11) is 1.61. The van der Waals surface area contributed by atoms with Crippen molar-refractivity contribution >= 4 is 45.9 Å². The van der Waals surface area contributed by atoms with Crippen molar-refractivity contribution in [2.24, 2.45) is 0 Å². The molecule has 1 amide bonds. The number of fused-ring (bicyclic) bond motifs is 1. The lowest BCUT2D eigenvalue weighted by Gasteiger charge is -2.12. The van der Waals surface area contributed by atoms with Gasteiger partial charge in [-0.25, -0.2) is 0 Å². The van der Waals surface area contributed by atoms with Gasteiger partial charge >= 0.3 is 0 Å². The van der Waals surface area contributed by atoms with Gasteiger partial charge in [0.1, 0.15) is 21.3 Å². The average Bonchev–Trinajstić information content (AvgIpc) is 2.94. The van der Waals surface area contributed by atoms with Gasteiger partial charge < -0.3 is 4.74 Å². The number of carbonyl (C=O) groups is 1. The van der Waals surface area contributed by atoms with Crippen molar-refractivity contribution in [3.05, 3.63) is 74.5 Å².